The number of ether oxygens (including phenoxy) is 1. The van der Waals surface area contributed by atoms with Gasteiger partial charge in [0.2, 0.25) is 0 Å². The SMILES string of the molecule is Cc1cc(Oc2ccc([C@H](C)O)cc2F)ccc1C(C)C. The largest absolute Gasteiger partial charge is 0.454 e. The monoisotopic (exact) mass is 288 g/mol. The number of aliphatic hydroxyl groups is 1. The van der Waals surface area contributed by atoms with Gasteiger partial charge in [0.05, 0.1) is 6.10 Å². The highest BCUT2D eigenvalue weighted by atomic mass is 19.1. The molecule has 2 aromatic rings. The molecule has 2 aromatic carbocycles. The summed E-state index contributed by atoms with van der Waals surface area (Å²) in [6.07, 6.45) is -0.693. The Morgan fingerprint density at radius 1 is 1.05 bits per heavy atom. The van der Waals surface area contributed by atoms with Gasteiger partial charge in [-0.2, -0.15) is 0 Å². The zero-order chi connectivity index (χ0) is 15.6. The molecule has 0 bridgehead atoms. The fourth-order valence-corrected chi connectivity index (χ4v) is 2.35. The van der Waals surface area contributed by atoms with E-state index in [1.165, 1.54) is 11.6 Å². The summed E-state index contributed by atoms with van der Waals surface area (Å²) < 4.78 is 19.6. The third-order valence-corrected chi connectivity index (χ3v) is 3.53. The topological polar surface area (TPSA) is 29.5 Å². The highest BCUT2D eigenvalue weighted by Gasteiger charge is 2.10. The lowest BCUT2D eigenvalue weighted by Gasteiger charge is -2.13. The quantitative estimate of drug-likeness (QED) is 0.847. The molecule has 21 heavy (non-hydrogen) atoms. The molecule has 1 atom stereocenters. The predicted octanol–water partition coefficient (Wildman–Crippen LogP) is 5.10. The van der Waals surface area contributed by atoms with Crippen LogP contribution in [0.5, 0.6) is 11.5 Å². The van der Waals surface area contributed by atoms with E-state index in [1.54, 1.807) is 19.1 Å². The summed E-state index contributed by atoms with van der Waals surface area (Å²) in [6, 6.07) is 10.3. The number of rotatable bonds is 4. The van der Waals surface area contributed by atoms with Crippen molar-refractivity contribution >= 4 is 0 Å². The Labute approximate surface area is 125 Å². The molecule has 0 aromatic heterocycles. The normalized spacial score (nSPS) is 12.5. The van der Waals surface area contributed by atoms with E-state index in [2.05, 4.69) is 13.8 Å². The van der Waals surface area contributed by atoms with E-state index in [-0.39, 0.29) is 5.75 Å². The van der Waals surface area contributed by atoms with Crippen LogP contribution < -0.4 is 4.74 Å². The van der Waals surface area contributed by atoms with Gasteiger partial charge >= 0.3 is 0 Å². The molecule has 0 amide bonds. The standard InChI is InChI=1S/C18H21FO2/c1-11(2)16-7-6-15(9-12(16)3)21-18-8-5-14(13(4)20)10-17(18)19/h5-11,13,20H,1-4H3/t13-/m0/s1. The number of halogens is 1. The molecule has 2 nitrogen and oxygen atoms in total. The minimum Gasteiger partial charge on any atom is -0.454 e. The molecule has 3 heteroatoms. The summed E-state index contributed by atoms with van der Waals surface area (Å²) in [7, 11) is 0. The molecule has 2 rings (SSSR count). The Balaban J connectivity index is 2.24. The molecule has 0 unspecified atom stereocenters. The van der Waals surface area contributed by atoms with Crippen LogP contribution >= 0.6 is 0 Å². The smallest absolute Gasteiger partial charge is 0.166 e. The summed E-state index contributed by atoms with van der Waals surface area (Å²) in [5.74, 6) is 0.747. The Kier molecular flexibility index (Phi) is 4.63. The molecule has 0 saturated carbocycles. The van der Waals surface area contributed by atoms with E-state index in [9.17, 15) is 9.50 Å². The van der Waals surface area contributed by atoms with Gasteiger partial charge in [0.1, 0.15) is 5.75 Å². The molecule has 0 fully saturated rings. The van der Waals surface area contributed by atoms with Crippen LogP contribution in [0, 0.1) is 12.7 Å². The van der Waals surface area contributed by atoms with Gasteiger partial charge in [0.15, 0.2) is 11.6 Å². The lowest BCUT2D eigenvalue weighted by Crippen LogP contribution is -1.96. The minimum absolute atomic E-state index is 0.163. The summed E-state index contributed by atoms with van der Waals surface area (Å²) in [4.78, 5) is 0. The molecule has 0 radical (unpaired) electrons. The lowest BCUT2D eigenvalue weighted by atomic mass is 9.98. The van der Waals surface area contributed by atoms with Gasteiger partial charge < -0.3 is 9.84 Å². The second kappa shape index (κ2) is 6.27. The van der Waals surface area contributed by atoms with Crippen LogP contribution in [0.3, 0.4) is 0 Å². The van der Waals surface area contributed by atoms with E-state index in [0.29, 0.717) is 17.2 Å². The molecule has 0 aliphatic heterocycles. The molecular weight excluding hydrogens is 267 g/mol. The first kappa shape index (κ1) is 15.5. The first-order valence-corrected chi connectivity index (χ1v) is 7.14. The van der Waals surface area contributed by atoms with E-state index >= 15 is 0 Å². The first-order valence-electron chi connectivity index (χ1n) is 7.14. The van der Waals surface area contributed by atoms with Crippen LogP contribution in [0.15, 0.2) is 36.4 Å². The van der Waals surface area contributed by atoms with Gasteiger partial charge in [0, 0.05) is 0 Å². The highest BCUT2D eigenvalue weighted by molar-refractivity contribution is 5.40. The molecule has 0 saturated heterocycles. The van der Waals surface area contributed by atoms with E-state index < -0.39 is 11.9 Å². The van der Waals surface area contributed by atoms with E-state index in [1.807, 2.05) is 25.1 Å². The van der Waals surface area contributed by atoms with Crippen molar-refractivity contribution in [2.24, 2.45) is 0 Å². The summed E-state index contributed by atoms with van der Waals surface area (Å²) >= 11 is 0. The fourth-order valence-electron chi connectivity index (χ4n) is 2.35. The van der Waals surface area contributed by atoms with Crippen molar-refractivity contribution in [2.75, 3.05) is 0 Å². The zero-order valence-corrected chi connectivity index (χ0v) is 12.9. The zero-order valence-electron chi connectivity index (χ0n) is 12.9. The highest BCUT2D eigenvalue weighted by Crippen LogP contribution is 2.29. The summed E-state index contributed by atoms with van der Waals surface area (Å²) in [6.45, 7) is 7.90. The maximum atomic E-state index is 14.0. The summed E-state index contributed by atoms with van der Waals surface area (Å²) in [5, 5.41) is 9.44. The van der Waals surface area contributed by atoms with Crippen LogP contribution in [-0.4, -0.2) is 5.11 Å². The second-order valence-electron chi connectivity index (χ2n) is 5.64. The molecular formula is C18H21FO2. The minimum atomic E-state index is -0.693. The summed E-state index contributed by atoms with van der Waals surface area (Å²) in [5.41, 5.74) is 2.92. The molecule has 0 spiro atoms. The van der Waals surface area contributed by atoms with Gasteiger partial charge in [-0.3, -0.25) is 0 Å². The average Bonchev–Trinajstić information content (AvgIpc) is 2.40. The molecule has 112 valence electrons. The Morgan fingerprint density at radius 2 is 1.76 bits per heavy atom. The van der Waals surface area contributed by atoms with E-state index in [0.717, 1.165) is 5.56 Å². The van der Waals surface area contributed by atoms with Crippen LogP contribution in [0.1, 0.15) is 49.5 Å². The molecule has 0 heterocycles. The Morgan fingerprint density at radius 3 is 2.29 bits per heavy atom. The number of hydrogen-bond donors (Lipinski definition) is 1. The van der Waals surface area contributed by atoms with Crippen LogP contribution in [-0.2, 0) is 0 Å². The number of aliphatic hydroxyl groups excluding tert-OH is 1. The van der Waals surface area contributed by atoms with Crippen molar-refractivity contribution in [3.05, 3.63) is 58.9 Å². The maximum Gasteiger partial charge on any atom is 0.166 e. The number of aryl methyl sites for hydroxylation is 1. The van der Waals surface area contributed by atoms with Gasteiger partial charge in [-0.1, -0.05) is 26.0 Å². The van der Waals surface area contributed by atoms with Crippen molar-refractivity contribution in [3.8, 4) is 11.5 Å². The lowest BCUT2D eigenvalue weighted by molar-refractivity contribution is 0.198. The van der Waals surface area contributed by atoms with Crippen molar-refractivity contribution in [3.63, 3.8) is 0 Å². The van der Waals surface area contributed by atoms with Crippen LogP contribution in [0.25, 0.3) is 0 Å². The molecule has 1 N–H and O–H groups in total. The van der Waals surface area contributed by atoms with Crippen molar-refractivity contribution < 1.29 is 14.2 Å². The van der Waals surface area contributed by atoms with Crippen molar-refractivity contribution in [1.82, 2.24) is 0 Å². The Bertz CT molecular complexity index is 633. The van der Waals surface area contributed by atoms with Gasteiger partial charge in [-0.15, -0.1) is 0 Å². The maximum absolute atomic E-state index is 14.0. The molecule has 0 aliphatic carbocycles. The molecule has 0 aliphatic rings. The Hall–Kier alpha value is -1.87. The van der Waals surface area contributed by atoms with Crippen molar-refractivity contribution in [2.45, 2.75) is 39.7 Å². The number of hydrogen-bond acceptors (Lipinski definition) is 2. The van der Waals surface area contributed by atoms with E-state index in [4.69, 9.17) is 4.74 Å². The first-order chi connectivity index (χ1) is 9.88. The average molecular weight is 288 g/mol. The fraction of sp³-hybridized carbons (Fsp3) is 0.333. The van der Waals surface area contributed by atoms with Gasteiger partial charge in [0.25, 0.3) is 0 Å². The number of benzene rings is 2. The van der Waals surface area contributed by atoms with Gasteiger partial charge in [-0.25, -0.2) is 4.39 Å². The van der Waals surface area contributed by atoms with Gasteiger partial charge in [-0.05, 0) is 60.7 Å². The second-order valence-corrected chi connectivity index (χ2v) is 5.64. The predicted molar refractivity (Wildman–Crippen MR) is 82.4 cm³/mol. The van der Waals surface area contributed by atoms with Crippen LogP contribution in [0.4, 0.5) is 4.39 Å². The third-order valence-electron chi connectivity index (χ3n) is 3.53. The third kappa shape index (κ3) is 3.61. The van der Waals surface area contributed by atoms with Crippen molar-refractivity contribution in [1.29, 1.82) is 0 Å². The van der Waals surface area contributed by atoms with Crippen LogP contribution in [0.2, 0.25) is 0 Å².